The van der Waals surface area contributed by atoms with Crippen LogP contribution in [0.15, 0.2) is 30.3 Å². The van der Waals surface area contributed by atoms with E-state index in [1.165, 1.54) is 7.11 Å². The van der Waals surface area contributed by atoms with Crippen LogP contribution in [0, 0.1) is 13.8 Å². The summed E-state index contributed by atoms with van der Waals surface area (Å²) in [6, 6.07) is 9.61. The summed E-state index contributed by atoms with van der Waals surface area (Å²) in [5, 5.41) is 3.06. The van der Waals surface area contributed by atoms with Crippen molar-refractivity contribution in [3.63, 3.8) is 0 Å². The van der Waals surface area contributed by atoms with Crippen molar-refractivity contribution in [3.8, 4) is 11.5 Å². The molecular formula is C24H31N2O5+. The number of benzene rings is 2. The number of quaternary nitrogens is 1. The van der Waals surface area contributed by atoms with Crippen molar-refractivity contribution in [1.82, 2.24) is 0 Å². The summed E-state index contributed by atoms with van der Waals surface area (Å²) >= 11 is 0. The van der Waals surface area contributed by atoms with Crippen LogP contribution in [0.1, 0.15) is 34.7 Å². The maximum Gasteiger partial charge on any atom is 0.311 e. The Hall–Kier alpha value is -3.06. The van der Waals surface area contributed by atoms with Gasteiger partial charge in [-0.25, -0.2) is 0 Å². The highest BCUT2D eigenvalue weighted by molar-refractivity contribution is 5.93. The minimum Gasteiger partial charge on any atom is -0.493 e. The summed E-state index contributed by atoms with van der Waals surface area (Å²) in [5.41, 5.74) is 4.99. The van der Waals surface area contributed by atoms with Crippen LogP contribution >= 0.6 is 0 Å². The van der Waals surface area contributed by atoms with Crippen molar-refractivity contribution in [3.05, 3.63) is 52.6 Å². The van der Waals surface area contributed by atoms with Crippen LogP contribution in [0.5, 0.6) is 11.5 Å². The van der Waals surface area contributed by atoms with Crippen LogP contribution in [0.25, 0.3) is 0 Å². The largest absolute Gasteiger partial charge is 0.493 e. The van der Waals surface area contributed by atoms with E-state index in [9.17, 15) is 9.59 Å². The monoisotopic (exact) mass is 427 g/mol. The number of aryl methyl sites for hydroxylation is 2. The normalized spacial score (nSPS) is 17.5. The molecule has 2 aromatic carbocycles. The van der Waals surface area contributed by atoms with E-state index in [1.54, 1.807) is 14.2 Å². The molecule has 7 heteroatoms. The SMILES string of the molecule is COC(=O)C[C@H]1c2cc(OC)c(OC)cc2CC[NH+]1CC(=O)Nc1c(C)cccc1C. The van der Waals surface area contributed by atoms with Gasteiger partial charge in [-0.2, -0.15) is 0 Å². The highest BCUT2D eigenvalue weighted by Crippen LogP contribution is 2.35. The predicted octanol–water partition coefficient (Wildman–Crippen LogP) is 2.00. The fraction of sp³-hybridized carbons (Fsp3) is 0.417. The van der Waals surface area contributed by atoms with E-state index in [1.807, 2.05) is 44.2 Å². The number of amides is 1. The Morgan fingerprint density at radius 3 is 2.32 bits per heavy atom. The number of para-hydroxylation sites is 1. The summed E-state index contributed by atoms with van der Waals surface area (Å²) in [4.78, 5) is 26.1. The maximum absolute atomic E-state index is 12.9. The Bertz CT molecular complexity index is 952. The lowest BCUT2D eigenvalue weighted by atomic mass is 9.90. The number of rotatable bonds is 7. The molecular weight excluding hydrogens is 396 g/mol. The lowest BCUT2D eigenvalue weighted by molar-refractivity contribution is -0.925. The zero-order valence-electron chi connectivity index (χ0n) is 18.8. The molecule has 0 radical (unpaired) electrons. The number of ether oxygens (including phenoxy) is 3. The first kappa shape index (κ1) is 22.6. The second-order valence-corrected chi connectivity index (χ2v) is 7.89. The minimum absolute atomic E-state index is 0.0776. The molecule has 1 heterocycles. The minimum atomic E-state index is -0.305. The third-order valence-corrected chi connectivity index (χ3v) is 5.96. The smallest absolute Gasteiger partial charge is 0.311 e. The Labute approximate surface area is 183 Å². The maximum atomic E-state index is 12.9. The summed E-state index contributed by atoms with van der Waals surface area (Å²) in [5.74, 6) is 0.887. The Morgan fingerprint density at radius 1 is 1.06 bits per heavy atom. The van der Waals surface area contributed by atoms with Gasteiger partial charge in [0, 0.05) is 17.7 Å². The molecule has 7 nitrogen and oxygen atoms in total. The fourth-order valence-corrected chi connectivity index (χ4v) is 4.28. The molecule has 0 saturated carbocycles. The van der Waals surface area contributed by atoms with Crippen molar-refractivity contribution < 1.29 is 28.7 Å². The van der Waals surface area contributed by atoms with Crippen molar-refractivity contribution in [2.75, 3.05) is 39.7 Å². The molecule has 0 aromatic heterocycles. The van der Waals surface area contributed by atoms with E-state index < -0.39 is 0 Å². The summed E-state index contributed by atoms with van der Waals surface area (Å²) < 4.78 is 15.8. The Kier molecular flexibility index (Phi) is 7.17. The van der Waals surface area contributed by atoms with Gasteiger partial charge in [0.25, 0.3) is 5.91 Å². The van der Waals surface area contributed by atoms with E-state index in [-0.39, 0.29) is 30.9 Å². The number of methoxy groups -OCH3 is 3. The summed E-state index contributed by atoms with van der Waals surface area (Å²) in [6.45, 7) is 4.94. The number of hydrogen-bond donors (Lipinski definition) is 2. The zero-order valence-corrected chi connectivity index (χ0v) is 18.8. The highest BCUT2D eigenvalue weighted by Gasteiger charge is 2.35. The third kappa shape index (κ3) is 4.99. The van der Waals surface area contributed by atoms with Crippen LogP contribution < -0.4 is 19.7 Å². The zero-order chi connectivity index (χ0) is 22.5. The van der Waals surface area contributed by atoms with E-state index in [4.69, 9.17) is 14.2 Å². The molecule has 1 unspecified atom stereocenters. The molecule has 0 fully saturated rings. The van der Waals surface area contributed by atoms with Gasteiger partial charge in [0.1, 0.15) is 12.5 Å². The lowest BCUT2D eigenvalue weighted by Gasteiger charge is -2.34. The van der Waals surface area contributed by atoms with E-state index in [0.29, 0.717) is 11.5 Å². The van der Waals surface area contributed by atoms with Gasteiger partial charge in [-0.1, -0.05) is 18.2 Å². The van der Waals surface area contributed by atoms with Crippen molar-refractivity contribution in [2.45, 2.75) is 32.7 Å². The van der Waals surface area contributed by atoms with Gasteiger partial charge in [0.15, 0.2) is 18.0 Å². The first-order valence-corrected chi connectivity index (χ1v) is 10.4. The fourth-order valence-electron chi connectivity index (χ4n) is 4.28. The van der Waals surface area contributed by atoms with Gasteiger partial charge < -0.3 is 24.4 Å². The lowest BCUT2D eigenvalue weighted by Crippen LogP contribution is -3.14. The quantitative estimate of drug-likeness (QED) is 0.661. The molecule has 1 aliphatic heterocycles. The van der Waals surface area contributed by atoms with E-state index in [0.717, 1.165) is 45.8 Å². The second-order valence-electron chi connectivity index (χ2n) is 7.89. The van der Waals surface area contributed by atoms with Crippen LogP contribution in [-0.2, 0) is 20.7 Å². The first-order valence-electron chi connectivity index (χ1n) is 10.4. The Balaban J connectivity index is 1.87. The molecule has 31 heavy (non-hydrogen) atoms. The summed E-state index contributed by atoms with van der Waals surface area (Å²) in [7, 11) is 4.58. The second kappa shape index (κ2) is 9.83. The number of esters is 1. The van der Waals surface area contributed by atoms with Crippen molar-refractivity contribution in [1.29, 1.82) is 0 Å². The van der Waals surface area contributed by atoms with Crippen molar-refractivity contribution in [2.24, 2.45) is 0 Å². The number of carbonyl (C=O) groups excluding carboxylic acids is 2. The summed E-state index contributed by atoms with van der Waals surface area (Å²) in [6.07, 6.45) is 0.963. The van der Waals surface area contributed by atoms with Gasteiger partial charge in [0.2, 0.25) is 0 Å². The molecule has 0 saturated heterocycles. The van der Waals surface area contributed by atoms with Crippen LogP contribution in [0.2, 0.25) is 0 Å². The molecule has 2 atom stereocenters. The van der Waals surface area contributed by atoms with Crippen LogP contribution in [0.4, 0.5) is 5.69 Å². The van der Waals surface area contributed by atoms with Gasteiger partial charge in [-0.05, 0) is 42.7 Å². The third-order valence-electron chi connectivity index (χ3n) is 5.96. The standard InChI is InChI=1S/C24H30N2O5/c1-15-7-6-8-16(2)24(15)25-22(27)14-26-10-9-17-11-20(29-3)21(30-4)12-18(17)19(26)13-23(28)31-5/h6-8,11-12,19H,9-10,13-14H2,1-5H3,(H,25,27)/p+1/t19-/m0/s1. The van der Waals surface area contributed by atoms with Crippen LogP contribution in [0.3, 0.4) is 0 Å². The molecule has 0 bridgehead atoms. The molecule has 166 valence electrons. The number of nitrogens with one attached hydrogen (secondary N) is 2. The molecule has 0 aliphatic carbocycles. The van der Waals surface area contributed by atoms with Gasteiger partial charge in [-0.15, -0.1) is 0 Å². The first-order chi connectivity index (χ1) is 14.9. The van der Waals surface area contributed by atoms with E-state index in [2.05, 4.69) is 5.32 Å². The highest BCUT2D eigenvalue weighted by atomic mass is 16.5. The number of fused-ring (bicyclic) bond motifs is 1. The van der Waals surface area contributed by atoms with Crippen LogP contribution in [-0.4, -0.2) is 46.3 Å². The topological polar surface area (TPSA) is 78.3 Å². The molecule has 1 amide bonds. The number of carbonyl (C=O) groups is 2. The predicted molar refractivity (Wildman–Crippen MR) is 118 cm³/mol. The van der Waals surface area contributed by atoms with Gasteiger partial charge >= 0.3 is 5.97 Å². The number of hydrogen-bond acceptors (Lipinski definition) is 5. The average Bonchev–Trinajstić information content (AvgIpc) is 2.76. The molecule has 1 aliphatic rings. The average molecular weight is 428 g/mol. The van der Waals surface area contributed by atoms with Gasteiger partial charge in [-0.3, -0.25) is 9.59 Å². The molecule has 0 spiro atoms. The molecule has 2 N–H and O–H groups in total. The number of anilines is 1. The molecule has 3 rings (SSSR count). The Morgan fingerprint density at radius 2 is 1.71 bits per heavy atom. The molecule has 2 aromatic rings. The van der Waals surface area contributed by atoms with Crippen molar-refractivity contribution >= 4 is 17.6 Å². The van der Waals surface area contributed by atoms with E-state index >= 15 is 0 Å². The van der Waals surface area contributed by atoms with Gasteiger partial charge in [0.05, 0.1) is 27.9 Å².